The van der Waals surface area contributed by atoms with Gasteiger partial charge in [0.25, 0.3) is 0 Å². The Morgan fingerprint density at radius 2 is 2.25 bits per heavy atom. The van der Waals surface area contributed by atoms with Crippen LogP contribution in [0.5, 0.6) is 0 Å². The highest BCUT2D eigenvalue weighted by Gasteiger charge is 2.16. The highest BCUT2D eigenvalue weighted by molar-refractivity contribution is 9.10. The van der Waals surface area contributed by atoms with Gasteiger partial charge in [0.2, 0.25) is 5.91 Å². The van der Waals surface area contributed by atoms with Gasteiger partial charge in [-0.25, -0.2) is 0 Å². The fourth-order valence-electron chi connectivity index (χ4n) is 2.22. The molecule has 6 nitrogen and oxygen atoms in total. The van der Waals surface area contributed by atoms with Gasteiger partial charge in [0, 0.05) is 23.5 Å². The van der Waals surface area contributed by atoms with Crippen LogP contribution in [0.25, 0.3) is 0 Å². The van der Waals surface area contributed by atoms with E-state index < -0.39 is 6.04 Å². The Balaban J connectivity index is 1.64. The quantitative estimate of drug-likeness (QED) is 0.699. The molecule has 1 unspecified atom stereocenters. The molecular weight excluding hydrogens is 394 g/mol. The van der Waals surface area contributed by atoms with Crippen molar-refractivity contribution in [3.05, 3.63) is 64.0 Å². The number of carbonyl (C=O) groups excluding carboxylic acids is 1. The number of anilines is 1. The van der Waals surface area contributed by atoms with Gasteiger partial charge in [-0.2, -0.15) is 10.2 Å². The molecule has 0 radical (unpaired) electrons. The Kier molecular flexibility index (Phi) is 5.01. The Labute approximate surface area is 152 Å². The average Bonchev–Trinajstić information content (AvgIpc) is 3.16. The molecule has 3 rings (SSSR count). The molecule has 0 saturated carbocycles. The number of halogens is 2. The van der Waals surface area contributed by atoms with Crippen molar-refractivity contribution in [2.24, 2.45) is 0 Å². The minimum Gasteiger partial charge on any atom is -0.307 e. The van der Waals surface area contributed by atoms with Crippen molar-refractivity contribution >= 4 is 39.3 Å². The van der Waals surface area contributed by atoms with E-state index in [1.54, 1.807) is 34.7 Å². The summed E-state index contributed by atoms with van der Waals surface area (Å²) in [5.74, 6) is 0.318. The first-order chi connectivity index (χ1) is 11.5. The minimum atomic E-state index is -0.436. The predicted octanol–water partition coefficient (Wildman–Crippen LogP) is 3.74. The summed E-state index contributed by atoms with van der Waals surface area (Å²) in [6.07, 6.45) is 5.21. The van der Waals surface area contributed by atoms with Crippen LogP contribution >= 0.6 is 27.5 Å². The van der Waals surface area contributed by atoms with Crippen LogP contribution in [0.4, 0.5) is 5.82 Å². The number of hydrogen-bond acceptors (Lipinski definition) is 3. The molecular formula is C16H15BrClN5O. The highest BCUT2D eigenvalue weighted by Crippen LogP contribution is 2.15. The number of benzene rings is 1. The number of nitrogens with zero attached hydrogens (tertiary/aromatic N) is 4. The smallest absolute Gasteiger partial charge is 0.250 e. The maximum Gasteiger partial charge on any atom is 0.250 e. The maximum atomic E-state index is 12.3. The molecule has 0 bridgehead atoms. The lowest BCUT2D eigenvalue weighted by Crippen LogP contribution is -2.24. The molecule has 24 heavy (non-hydrogen) atoms. The number of nitrogens with one attached hydrogen (secondary N) is 1. The lowest BCUT2D eigenvalue weighted by Gasteiger charge is -2.11. The molecule has 124 valence electrons. The predicted molar refractivity (Wildman–Crippen MR) is 96.0 cm³/mol. The molecule has 0 aliphatic rings. The Hall–Kier alpha value is -2.12. The summed E-state index contributed by atoms with van der Waals surface area (Å²) in [6.45, 7) is 2.36. The number of rotatable bonds is 5. The van der Waals surface area contributed by atoms with Crippen molar-refractivity contribution in [1.82, 2.24) is 19.6 Å². The van der Waals surface area contributed by atoms with Crippen LogP contribution in [0.2, 0.25) is 5.02 Å². The molecule has 1 amide bonds. The van der Waals surface area contributed by atoms with E-state index >= 15 is 0 Å². The molecule has 2 aromatic heterocycles. The summed E-state index contributed by atoms with van der Waals surface area (Å²) in [7, 11) is 0. The van der Waals surface area contributed by atoms with Crippen molar-refractivity contribution in [2.45, 2.75) is 19.5 Å². The molecule has 0 spiro atoms. The van der Waals surface area contributed by atoms with Gasteiger partial charge in [-0.05, 0) is 40.5 Å². The van der Waals surface area contributed by atoms with Crippen LogP contribution in [0.1, 0.15) is 18.5 Å². The molecule has 0 saturated heterocycles. The zero-order valence-corrected chi connectivity index (χ0v) is 15.2. The molecule has 8 heteroatoms. The first-order valence-corrected chi connectivity index (χ1v) is 8.47. The van der Waals surface area contributed by atoms with E-state index in [0.29, 0.717) is 17.4 Å². The highest BCUT2D eigenvalue weighted by atomic mass is 79.9. The summed E-state index contributed by atoms with van der Waals surface area (Å²) >= 11 is 9.30. The Morgan fingerprint density at radius 3 is 2.96 bits per heavy atom. The average molecular weight is 409 g/mol. The van der Waals surface area contributed by atoms with Crippen LogP contribution < -0.4 is 5.32 Å². The number of carbonyl (C=O) groups is 1. The van der Waals surface area contributed by atoms with E-state index in [-0.39, 0.29) is 5.91 Å². The van der Waals surface area contributed by atoms with E-state index in [4.69, 9.17) is 11.6 Å². The SMILES string of the molecule is CC(C(=O)Nc1ccn(Cc2cccc(Cl)c2)n1)n1cc(Br)cn1. The maximum absolute atomic E-state index is 12.3. The summed E-state index contributed by atoms with van der Waals surface area (Å²) < 4.78 is 4.16. The van der Waals surface area contributed by atoms with E-state index in [1.165, 1.54) is 0 Å². The van der Waals surface area contributed by atoms with E-state index in [1.807, 2.05) is 30.5 Å². The molecule has 0 fully saturated rings. The topological polar surface area (TPSA) is 64.7 Å². The Morgan fingerprint density at radius 1 is 1.42 bits per heavy atom. The van der Waals surface area contributed by atoms with Gasteiger partial charge in [-0.1, -0.05) is 23.7 Å². The van der Waals surface area contributed by atoms with E-state index in [0.717, 1.165) is 10.0 Å². The first-order valence-electron chi connectivity index (χ1n) is 7.30. The second-order valence-electron chi connectivity index (χ2n) is 5.33. The van der Waals surface area contributed by atoms with Crippen molar-refractivity contribution in [3.8, 4) is 0 Å². The summed E-state index contributed by atoms with van der Waals surface area (Å²) in [5, 5.41) is 12.0. The zero-order chi connectivity index (χ0) is 17.1. The minimum absolute atomic E-state index is 0.182. The lowest BCUT2D eigenvalue weighted by molar-refractivity contribution is -0.119. The second-order valence-corrected chi connectivity index (χ2v) is 6.68. The van der Waals surface area contributed by atoms with Gasteiger partial charge < -0.3 is 5.32 Å². The summed E-state index contributed by atoms with van der Waals surface area (Å²) in [4.78, 5) is 12.3. The molecule has 0 aliphatic heterocycles. The largest absolute Gasteiger partial charge is 0.307 e. The van der Waals surface area contributed by atoms with E-state index in [9.17, 15) is 4.79 Å². The third kappa shape index (κ3) is 4.04. The molecule has 0 aliphatic carbocycles. The summed E-state index contributed by atoms with van der Waals surface area (Å²) in [6, 6.07) is 8.91. The van der Waals surface area contributed by atoms with Crippen molar-refractivity contribution < 1.29 is 4.79 Å². The molecule has 1 N–H and O–H groups in total. The first kappa shape index (κ1) is 16.7. The lowest BCUT2D eigenvalue weighted by atomic mass is 10.2. The van der Waals surface area contributed by atoms with Crippen molar-refractivity contribution in [1.29, 1.82) is 0 Å². The van der Waals surface area contributed by atoms with Crippen LogP contribution in [0, 0.1) is 0 Å². The van der Waals surface area contributed by atoms with Gasteiger partial charge in [0.15, 0.2) is 5.82 Å². The third-order valence-corrected chi connectivity index (χ3v) is 4.12. The van der Waals surface area contributed by atoms with Crippen LogP contribution in [-0.4, -0.2) is 25.5 Å². The molecule has 1 atom stereocenters. The number of amides is 1. The van der Waals surface area contributed by atoms with Gasteiger partial charge in [0.05, 0.1) is 17.2 Å². The van der Waals surface area contributed by atoms with Crippen molar-refractivity contribution in [3.63, 3.8) is 0 Å². The Bertz CT molecular complexity index is 860. The standard InChI is InChI=1S/C16H15BrClN5O/c1-11(23-10-13(17)8-19-23)16(24)20-15-5-6-22(21-15)9-12-3-2-4-14(18)7-12/h2-8,10-11H,9H2,1H3,(H,20,21,24). The number of hydrogen-bond donors (Lipinski definition) is 1. The molecule has 3 aromatic rings. The number of aromatic nitrogens is 4. The molecule has 1 aromatic carbocycles. The second kappa shape index (κ2) is 7.19. The van der Waals surface area contributed by atoms with Crippen molar-refractivity contribution in [2.75, 3.05) is 5.32 Å². The van der Waals surface area contributed by atoms with Crippen LogP contribution in [0.15, 0.2) is 53.4 Å². The van der Waals surface area contributed by atoms with Crippen LogP contribution in [0.3, 0.4) is 0 Å². The fraction of sp³-hybridized carbons (Fsp3) is 0.188. The van der Waals surface area contributed by atoms with Gasteiger partial charge in [-0.15, -0.1) is 0 Å². The third-order valence-electron chi connectivity index (χ3n) is 3.47. The van der Waals surface area contributed by atoms with Gasteiger partial charge in [0.1, 0.15) is 6.04 Å². The molecule has 2 heterocycles. The monoisotopic (exact) mass is 407 g/mol. The van der Waals surface area contributed by atoms with Crippen LogP contribution in [-0.2, 0) is 11.3 Å². The van der Waals surface area contributed by atoms with Gasteiger partial charge >= 0.3 is 0 Å². The summed E-state index contributed by atoms with van der Waals surface area (Å²) in [5.41, 5.74) is 1.04. The zero-order valence-electron chi connectivity index (χ0n) is 12.9. The normalized spacial score (nSPS) is 12.1. The van der Waals surface area contributed by atoms with E-state index in [2.05, 4.69) is 31.4 Å². The fourth-order valence-corrected chi connectivity index (χ4v) is 2.73. The van der Waals surface area contributed by atoms with Gasteiger partial charge in [-0.3, -0.25) is 14.2 Å².